The minimum Gasteiger partial charge on any atom is -0.0992 e. The van der Waals surface area contributed by atoms with Crippen LogP contribution in [0, 0.1) is 0 Å². The van der Waals surface area contributed by atoms with E-state index in [1.807, 2.05) is 0 Å². The highest BCUT2D eigenvalue weighted by Gasteiger charge is 2.31. The molecular formula is C18H14BrI. The maximum Gasteiger partial charge on any atom is 0.0317 e. The second-order valence-electron chi connectivity index (χ2n) is 5.10. The molecule has 3 rings (SSSR count). The van der Waals surface area contributed by atoms with Gasteiger partial charge >= 0.3 is 0 Å². The molecule has 0 radical (unpaired) electrons. The summed E-state index contributed by atoms with van der Waals surface area (Å²) in [5.74, 6) is 0.289. The van der Waals surface area contributed by atoms with Crippen LogP contribution in [0.3, 0.4) is 0 Å². The summed E-state index contributed by atoms with van der Waals surface area (Å²) in [6.07, 6.45) is 0. The van der Waals surface area contributed by atoms with E-state index in [9.17, 15) is 0 Å². The molecule has 0 heterocycles. The summed E-state index contributed by atoms with van der Waals surface area (Å²) in [6.45, 7) is 6.34. The average molecular weight is 437 g/mol. The monoisotopic (exact) mass is 436 g/mol. The highest BCUT2D eigenvalue weighted by Crippen LogP contribution is 2.52. The zero-order valence-corrected chi connectivity index (χ0v) is 14.9. The van der Waals surface area contributed by atoms with Gasteiger partial charge in [-0.3, -0.25) is 0 Å². The van der Waals surface area contributed by atoms with Gasteiger partial charge in [-0.1, -0.05) is 64.5 Å². The lowest BCUT2D eigenvalue weighted by Gasteiger charge is -2.17. The van der Waals surface area contributed by atoms with Crippen LogP contribution in [0.2, 0.25) is 0 Å². The van der Waals surface area contributed by atoms with Crippen LogP contribution in [0.1, 0.15) is 29.5 Å². The molecule has 0 amide bonds. The number of rotatable bonds is 2. The van der Waals surface area contributed by atoms with Crippen molar-refractivity contribution in [1.29, 1.82) is 0 Å². The van der Waals surface area contributed by atoms with Crippen LogP contribution in [0.15, 0.2) is 65.2 Å². The minimum absolute atomic E-state index is 0.289. The summed E-state index contributed by atoms with van der Waals surface area (Å²) in [5.41, 5.74) is 6.55. The first-order valence-corrected chi connectivity index (χ1v) is 8.37. The summed E-state index contributed by atoms with van der Waals surface area (Å²) in [6, 6.07) is 17.2. The van der Waals surface area contributed by atoms with Gasteiger partial charge in [-0.25, -0.2) is 0 Å². The van der Waals surface area contributed by atoms with Crippen molar-refractivity contribution < 1.29 is 0 Å². The lowest BCUT2D eigenvalue weighted by atomic mass is 9.86. The smallest absolute Gasteiger partial charge is 0.0317 e. The maximum atomic E-state index is 4.22. The van der Waals surface area contributed by atoms with Crippen molar-refractivity contribution in [3.63, 3.8) is 0 Å². The first-order valence-electron chi connectivity index (χ1n) is 6.50. The molecule has 1 aliphatic rings. The molecule has 0 saturated carbocycles. The van der Waals surface area contributed by atoms with E-state index in [-0.39, 0.29) is 5.92 Å². The molecule has 0 aromatic heterocycles. The maximum absolute atomic E-state index is 4.22. The Morgan fingerprint density at radius 3 is 2.50 bits per heavy atom. The fourth-order valence-corrected chi connectivity index (χ4v) is 4.32. The van der Waals surface area contributed by atoms with Crippen LogP contribution < -0.4 is 0 Å². The first-order chi connectivity index (χ1) is 9.59. The van der Waals surface area contributed by atoms with Gasteiger partial charge in [-0.15, -0.1) is 0 Å². The van der Waals surface area contributed by atoms with Gasteiger partial charge in [-0.2, -0.15) is 0 Å². The van der Waals surface area contributed by atoms with Crippen LogP contribution in [0.25, 0.3) is 9.15 Å². The van der Waals surface area contributed by atoms with E-state index < -0.39 is 0 Å². The topological polar surface area (TPSA) is 0 Å². The largest absolute Gasteiger partial charge is 0.0992 e. The lowest BCUT2D eigenvalue weighted by Crippen LogP contribution is -1.99. The van der Waals surface area contributed by atoms with Gasteiger partial charge in [0.2, 0.25) is 0 Å². The number of hydrogen-bond acceptors (Lipinski definition) is 0. The molecule has 2 aromatic rings. The molecule has 1 unspecified atom stereocenters. The third-order valence-electron chi connectivity index (χ3n) is 3.66. The van der Waals surface area contributed by atoms with Crippen LogP contribution in [-0.4, -0.2) is 0 Å². The Balaban J connectivity index is 2.24. The summed E-state index contributed by atoms with van der Waals surface area (Å²) < 4.78 is 2.46. The predicted molar refractivity (Wildman–Crippen MR) is 99.0 cm³/mol. The van der Waals surface area contributed by atoms with Crippen molar-refractivity contribution in [3.8, 4) is 0 Å². The fraction of sp³-hybridized carbons (Fsp3) is 0.111. The van der Waals surface area contributed by atoms with E-state index in [0.29, 0.717) is 0 Å². The summed E-state index contributed by atoms with van der Waals surface area (Å²) in [5, 5.41) is 0. The SMILES string of the molecule is C=C(C)C1C(c2ccccc2)=C(I)c2ccc(Br)cc21. The third kappa shape index (κ3) is 2.29. The van der Waals surface area contributed by atoms with Crippen LogP contribution in [0.5, 0.6) is 0 Å². The van der Waals surface area contributed by atoms with Gasteiger partial charge in [0.05, 0.1) is 0 Å². The van der Waals surface area contributed by atoms with Crippen molar-refractivity contribution in [2.45, 2.75) is 12.8 Å². The van der Waals surface area contributed by atoms with Gasteiger partial charge in [0, 0.05) is 14.0 Å². The quantitative estimate of drug-likeness (QED) is 0.376. The minimum atomic E-state index is 0.289. The van der Waals surface area contributed by atoms with E-state index in [1.165, 1.54) is 31.4 Å². The molecule has 0 nitrogen and oxygen atoms in total. The fourth-order valence-electron chi connectivity index (χ4n) is 2.82. The molecule has 0 spiro atoms. The van der Waals surface area contributed by atoms with Crippen molar-refractivity contribution >= 4 is 47.7 Å². The van der Waals surface area contributed by atoms with Crippen LogP contribution in [-0.2, 0) is 0 Å². The Hall–Kier alpha value is -0.870. The number of allylic oxidation sites excluding steroid dienone is 2. The van der Waals surface area contributed by atoms with E-state index >= 15 is 0 Å². The van der Waals surface area contributed by atoms with Gasteiger partial charge in [0.25, 0.3) is 0 Å². The van der Waals surface area contributed by atoms with E-state index in [2.05, 4.69) is 101 Å². The van der Waals surface area contributed by atoms with Gasteiger partial charge < -0.3 is 0 Å². The number of benzene rings is 2. The average Bonchev–Trinajstić information content (AvgIpc) is 2.72. The molecule has 0 bridgehead atoms. The Kier molecular flexibility index (Phi) is 3.87. The zero-order valence-electron chi connectivity index (χ0n) is 11.2. The first kappa shape index (κ1) is 14.1. The molecule has 1 atom stereocenters. The number of hydrogen-bond donors (Lipinski definition) is 0. The van der Waals surface area contributed by atoms with E-state index in [4.69, 9.17) is 0 Å². The Morgan fingerprint density at radius 1 is 1.15 bits per heavy atom. The van der Waals surface area contributed by atoms with Crippen molar-refractivity contribution in [1.82, 2.24) is 0 Å². The molecule has 0 N–H and O–H groups in total. The van der Waals surface area contributed by atoms with Gasteiger partial charge in [0.1, 0.15) is 0 Å². The second kappa shape index (κ2) is 5.49. The van der Waals surface area contributed by atoms with Crippen molar-refractivity contribution in [3.05, 3.63) is 81.8 Å². The highest BCUT2D eigenvalue weighted by atomic mass is 127. The normalized spacial score (nSPS) is 17.2. The predicted octanol–water partition coefficient (Wildman–Crippen LogP) is 6.43. The van der Waals surface area contributed by atoms with Crippen molar-refractivity contribution in [2.24, 2.45) is 0 Å². The zero-order chi connectivity index (χ0) is 14.3. The summed E-state index contributed by atoms with van der Waals surface area (Å²) in [4.78, 5) is 0. The molecular weight excluding hydrogens is 423 g/mol. The molecule has 100 valence electrons. The Bertz CT molecular complexity index is 713. The molecule has 20 heavy (non-hydrogen) atoms. The van der Waals surface area contributed by atoms with Crippen LogP contribution in [0.4, 0.5) is 0 Å². The molecule has 1 aliphatic carbocycles. The van der Waals surface area contributed by atoms with Crippen LogP contribution >= 0.6 is 38.5 Å². The van der Waals surface area contributed by atoms with E-state index in [1.54, 1.807) is 0 Å². The third-order valence-corrected chi connectivity index (χ3v) is 5.32. The van der Waals surface area contributed by atoms with Gasteiger partial charge in [-0.05, 0) is 63.9 Å². The second-order valence-corrected chi connectivity index (χ2v) is 7.10. The number of halogens is 2. The molecule has 2 aromatic carbocycles. The molecule has 0 fully saturated rings. The summed E-state index contributed by atoms with van der Waals surface area (Å²) >= 11 is 6.06. The lowest BCUT2D eigenvalue weighted by molar-refractivity contribution is 1.03. The van der Waals surface area contributed by atoms with Gasteiger partial charge in [0.15, 0.2) is 0 Å². The number of fused-ring (bicyclic) bond motifs is 1. The Labute approximate surface area is 141 Å². The summed E-state index contributed by atoms with van der Waals surface area (Å²) in [7, 11) is 0. The van der Waals surface area contributed by atoms with Crippen molar-refractivity contribution in [2.75, 3.05) is 0 Å². The Morgan fingerprint density at radius 2 is 1.85 bits per heavy atom. The molecule has 2 heteroatoms. The molecule has 0 aliphatic heterocycles. The van der Waals surface area contributed by atoms with E-state index in [0.717, 1.165) is 4.47 Å². The standard InChI is InChI=1S/C18H14BrI/c1-11(2)16-15-10-13(19)8-9-14(15)18(20)17(16)12-6-4-3-5-7-12/h3-10,16H,1H2,2H3. The highest BCUT2D eigenvalue weighted by molar-refractivity contribution is 14.1. The molecule has 0 saturated heterocycles.